The molecule has 0 radical (unpaired) electrons. The lowest BCUT2D eigenvalue weighted by Gasteiger charge is -2.20. The summed E-state index contributed by atoms with van der Waals surface area (Å²) in [6, 6.07) is 0.0796. The molecule has 2 bridgehead atoms. The Kier molecular flexibility index (Phi) is 8.75. The number of halogens is 1. The van der Waals surface area contributed by atoms with E-state index in [4.69, 9.17) is 31.2 Å². The van der Waals surface area contributed by atoms with E-state index in [0.29, 0.717) is 61.0 Å². The molecule has 0 saturated carbocycles. The van der Waals surface area contributed by atoms with Crippen LogP contribution in [-0.2, 0) is 14.2 Å². The van der Waals surface area contributed by atoms with Gasteiger partial charge in [0.2, 0.25) is 11.8 Å². The molecule has 4 N–H and O–H groups in total. The first-order valence-corrected chi connectivity index (χ1v) is 9.78. The van der Waals surface area contributed by atoms with Gasteiger partial charge in [0.25, 0.3) is 0 Å². The SMILES string of the molecule is CCOC(CN/C(C)=C1/Nc2ncc(Cl)c(n2)NC(C)CCOC1=N)OCC. The molecule has 0 aliphatic carbocycles. The fourth-order valence-corrected chi connectivity index (χ4v) is 2.68. The number of hydrogen-bond acceptors (Lipinski definition) is 9. The number of hydrogen-bond donors (Lipinski definition) is 4. The van der Waals surface area contributed by atoms with Gasteiger partial charge in [0.15, 0.2) is 12.1 Å². The summed E-state index contributed by atoms with van der Waals surface area (Å²) in [7, 11) is 0. The Bertz CT molecular complexity index is 694. The number of fused-ring (bicyclic) bond motifs is 2. The average molecular weight is 413 g/mol. The molecule has 0 aromatic carbocycles. The first-order chi connectivity index (χ1) is 13.4. The zero-order valence-corrected chi connectivity index (χ0v) is 17.5. The fraction of sp³-hybridized carbons (Fsp3) is 0.611. The minimum absolute atomic E-state index is 0.00331. The zero-order chi connectivity index (χ0) is 20.5. The van der Waals surface area contributed by atoms with Gasteiger partial charge in [-0.3, -0.25) is 5.41 Å². The standard InChI is InChI=1S/C18H29ClN6O3/c1-5-26-14(27-6-2)10-21-12(4)15-16(20)28-8-7-11(3)23-17-13(19)9-22-18(24-15)25-17/h9,11,14,20-21H,5-8,10H2,1-4H3,(H2,22,23,24,25)/b15-12+,20-16?. The molecule has 0 fully saturated rings. The Morgan fingerprint density at radius 3 is 2.82 bits per heavy atom. The van der Waals surface area contributed by atoms with Gasteiger partial charge in [-0.1, -0.05) is 11.6 Å². The Morgan fingerprint density at radius 1 is 1.43 bits per heavy atom. The van der Waals surface area contributed by atoms with Crippen LogP contribution in [0.3, 0.4) is 0 Å². The highest BCUT2D eigenvalue weighted by atomic mass is 35.5. The zero-order valence-electron chi connectivity index (χ0n) is 16.8. The Morgan fingerprint density at radius 2 is 2.14 bits per heavy atom. The lowest BCUT2D eigenvalue weighted by atomic mass is 10.2. The Labute approximate surface area is 170 Å². The van der Waals surface area contributed by atoms with E-state index in [-0.39, 0.29) is 18.2 Å². The number of allylic oxidation sites excluding steroid dienone is 1. The highest BCUT2D eigenvalue weighted by Gasteiger charge is 2.18. The Hall–Kier alpha value is -2.10. The van der Waals surface area contributed by atoms with Gasteiger partial charge in [0.1, 0.15) is 10.7 Å². The van der Waals surface area contributed by atoms with Gasteiger partial charge < -0.3 is 30.2 Å². The molecule has 0 saturated heterocycles. The molecule has 1 atom stereocenters. The first-order valence-electron chi connectivity index (χ1n) is 9.40. The fourth-order valence-electron chi connectivity index (χ4n) is 2.54. The highest BCUT2D eigenvalue weighted by Crippen LogP contribution is 2.22. The summed E-state index contributed by atoms with van der Waals surface area (Å²) in [4.78, 5) is 8.62. The molecule has 10 heteroatoms. The molecule has 0 amide bonds. The molecule has 9 nitrogen and oxygen atoms in total. The van der Waals surface area contributed by atoms with Gasteiger partial charge in [-0.25, -0.2) is 4.98 Å². The van der Waals surface area contributed by atoms with Gasteiger partial charge in [-0.2, -0.15) is 4.98 Å². The van der Waals surface area contributed by atoms with E-state index in [1.54, 1.807) is 0 Å². The molecule has 156 valence electrons. The van der Waals surface area contributed by atoms with E-state index in [9.17, 15) is 0 Å². The smallest absolute Gasteiger partial charge is 0.232 e. The van der Waals surface area contributed by atoms with Crippen molar-refractivity contribution in [3.63, 3.8) is 0 Å². The molecule has 2 heterocycles. The van der Waals surface area contributed by atoms with Crippen LogP contribution in [-0.4, -0.2) is 54.6 Å². The summed E-state index contributed by atoms with van der Waals surface area (Å²) in [5, 5.41) is 18.3. The van der Waals surface area contributed by atoms with Crippen LogP contribution in [0.15, 0.2) is 17.6 Å². The van der Waals surface area contributed by atoms with Crippen LogP contribution in [0, 0.1) is 5.41 Å². The van der Waals surface area contributed by atoms with E-state index in [1.807, 2.05) is 27.7 Å². The second-order valence-corrected chi connectivity index (χ2v) is 6.66. The third-order valence-electron chi connectivity index (χ3n) is 4.00. The van der Waals surface area contributed by atoms with Crippen LogP contribution < -0.4 is 16.0 Å². The molecular formula is C18H29ClN6O3. The van der Waals surface area contributed by atoms with Crippen LogP contribution in [0.4, 0.5) is 11.8 Å². The molecular weight excluding hydrogens is 384 g/mol. The van der Waals surface area contributed by atoms with E-state index < -0.39 is 0 Å². The maximum Gasteiger partial charge on any atom is 0.232 e. The van der Waals surface area contributed by atoms with Crippen LogP contribution in [0.2, 0.25) is 5.02 Å². The van der Waals surface area contributed by atoms with Gasteiger partial charge >= 0.3 is 0 Å². The number of aromatic nitrogens is 2. The molecule has 28 heavy (non-hydrogen) atoms. The molecule has 1 aliphatic heterocycles. The minimum atomic E-state index is -0.383. The van der Waals surface area contributed by atoms with Gasteiger partial charge in [-0.05, 0) is 27.7 Å². The minimum Gasteiger partial charge on any atom is -0.476 e. The summed E-state index contributed by atoms with van der Waals surface area (Å²) in [5.74, 6) is 0.859. The van der Waals surface area contributed by atoms with E-state index in [0.717, 1.165) is 0 Å². The van der Waals surface area contributed by atoms with Crippen LogP contribution in [0.5, 0.6) is 0 Å². The van der Waals surface area contributed by atoms with Crippen molar-refractivity contribution in [1.29, 1.82) is 5.41 Å². The van der Waals surface area contributed by atoms with Crippen molar-refractivity contribution >= 4 is 29.3 Å². The third kappa shape index (κ3) is 6.50. The second-order valence-electron chi connectivity index (χ2n) is 6.25. The number of ether oxygens (including phenoxy) is 3. The number of nitrogens with zero attached hydrogens (tertiary/aromatic N) is 2. The highest BCUT2D eigenvalue weighted by molar-refractivity contribution is 6.32. The van der Waals surface area contributed by atoms with Crippen molar-refractivity contribution < 1.29 is 14.2 Å². The number of anilines is 2. The topological polar surface area (TPSA) is 113 Å². The van der Waals surface area contributed by atoms with E-state index in [2.05, 4.69) is 25.9 Å². The molecule has 2 rings (SSSR count). The third-order valence-corrected chi connectivity index (χ3v) is 4.28. The lowest BCUT2D eigenvalue weighted by molar-refractivity contribution is -0.131. The summed E-state index contributed by atoms with van der Waals surface area (Å²) < 4.78 is 16.7. The molecule has 1 aromatic heterocycles. The maximum absolute atomic E-state index is 8.33. The van der Waals surface area contributed by atoms with Crippen molar-refractivity contribution in [2.45, 2.75) is 46.4 Å². The van der Waals surface area contributed by atoms with Gasteiger partial charge in [-0.15, -0.1) is 0 Å². The monoisotopic (exact) mass is 412 g/mol. The maximum atomic E-state index is 8.33. The average Bonchev–Trinajstić information content (AvgIpc) is 2.68. The van der Waals surface area contributed by atoms with Gasteiger partial charge in [0.05, 0.1) is 19.3 Å². The van der Waals surface area contributed by atoms with Gasteiger partial charge in [0, 0.05) is 31.4 Å². The van der Waals surface area contributed by atoms with Crippen LogP contribution >= 0.6 is 11.6 Å². The summed E-state index contributed by atoms with van der Waals surface area (Å²) >= 11 is 6.19. The van der Waals surface area contributed by atoms with E-state index >= 15 is 0 Å². The van der Waals surface area contributed by atoms with Crippen molar-refractivity contribution in [2.24, 2.45) is 0 Å². The van der Waals surface area contributed by atoms with E-state index in [1.165, 1.54) is 6.20 Å². The number of nitrogens with one attached hydrogen (secondary N) is 4. The lowest BCUT2D eigenvalue weighted by Crippen LogP contribution is -2.32. The molecule has 1 aliphatic rings. The van der Waals surface area contributed by atoms with Crippen molar-refractivity contribution in [3.05, 3.63) is 22.6 Å². The van der Waals surface area contributed by atoms with Crippen molar-refractivity contribution in [3.8, 4) is 0 Å². The first kappa shape index (κ1) is 22.2. The second kappa shape index (κ2) is 11.0. The number of rotatable bonds is 7. The largest absolute Gasteiger partial charge is 0.476 e. The predicted octanol–water partition coefficient (Wildman–Crippen LogP) is 2.96. The van der Waals surface area contributed by atoms with Crippen molar-refractivity contribution in [2.75, 3.05) is 37.0 Å². The summed E-state index contributed by atoms with van der Waals surface area (Å²) in [6.07, 6.45) is 1.83. The quantitative estimate of drug-likeness (QED) is 0.505. The summed E-state index contributed by atoms with van der Waals surface area (Å²) in [6.45, 7) is 9.57. The summed E-state index contributed by atoms with van der Waals surface area (Å²) in [5.41, 5.74) is 1.13. The van der Waals surface area contributed by atoms with Crippen LogP contribution in [0.1, 0.15) is 34.1 Å². The Balaban J connectivity index is 2.24. The molecule has 1 aromatic rings. The van der Waals surface area contributed by atoms with Crippen molar-refractivity contribution in [1.82, 2.24) is 15.3 Å². The normalized spacial score (nSPS) is 19.2. The molecule has 0 spiro atoms. The van der Waals surface area contributed by atoms with Crippen LogP contribution in [0.25, 0.3) is 0 Å². The molecule has 1 unspecified atom stereocenters. The predicted molar refractivity (Wildman–Crippen MR) is 110 cm³/mol.